The summed E-state index contributed by atoms with van der Waals surface area (Å²) < 4.78 is 28.1. The maximum atomic E-state index is 10.7. The summed E-state index contributed by atoms with van der Waals surface area (Å²) in [6.07, 6.45) is -15.6. The number of fused-ring (bicyclic) bond motifs is 1. The average molecular weight is 612 g/mol. The first-order chi connectivity index (χ1) is 20.3. The number of hydrogen-bond donors (Lipinski definition) is 11. The lowest BCUT2D eigenvalue weighted by molar-refractivity contribution is -0.318. The smallest absolute Gasteiger partial charge is 0.402 e. The molecular formula is C27H31O16+. The van der Waals surface area contributed by atoms with Crippen molar-refractivity contribution in [1.29, 1.82) is 0 Å². The van der Waals surface area contributed by atoms with Crippen molar-refractivity contribution in [2.45, 2.75) is 68.3 Å². The Balaban J connectivity index is 1.46. The number of phenolic OH excluding ortho intramolecular Hbond substituents is 5. The minimum atomic E-state index is -1.88. The number of aliphatic hydroxyl groups is 6. The molecule has 2 saturated heterocycles. The van der Waals surface area contributed by atoms with Gasteiger partial charge in [0.1, 0.15) is 48.1 Å². The number of phenols is 5. The molecule has 0 saturated carbocycles. The largest absolute Gasteiger partial charge is 0.504 e. The molecule has 10 atom stereocenters. The predicted molar refractivity (Wildman–Crippen MR) is 140 cm³/mol. The lowest BCUT2D eigenvalue weighted by atomic mass is 9.98. The van der Waals surface area contributed by atoms with Gasteiger partial charge >= 0.3 is 11.3 Å². The maximum absolute atomic E-state index is 10.7. The topological polar surface area (TPSA) is 271 Å². The third-order valence-corrected chi connectivity index (χ3v) is 7.35. The summed E-state index contributed by atoms with van der Waals surface area (Å²) in [6.45, 7) is 0.877. The van der Waals surface area contributed by atoms with Crippen LogP contribution in [0.2, 0.25) is 0 Å². The molecule has 234 valence electrons. The number of hydrogen-bond acceptors (Lipinski definition) is 15. The molecule has 0 bridgehead atoms. The fourth-order valence-electron chi connectivity index (χ4n) is 4.79. The Kier molecular flexibility index (Phi) is 8.41. The molecule has 16 heteroatoms. The lowest BCUT2D eigenvalue weighted by Crippen LogP contribution is -2.61. The quantitative estimate of drug-likeness (QED) is 0.117. The molecule has 0 amide bonds. The second-order valence-electron chi connectivity index (χ2n) is 10.3. The summed E-state index contributed by atoms with van der Waals surface area (Å²) in [7, 11) is 0. The summed E-state index contributed by atoms with van der Waals surface area (Å²) in [5.74, 6) is -3.84. The summed E-state index contributed by atoms with van der Waals surface area (Å²) >= 11 is 0. The van der Waals surface area contributed by atoms with Gasteiger partial charge in [-0.25, -0.2) is 4.42 Å². The van der Waals surface area contributed by atoms with E-state index in [0.717, 1.165) is 24.3 Å². The first-order valence-corrected chi connectivity index (χ1v) is 13.0. The number of ether oxygens (including phenoxy) is 4. The van der Waals surface area contributed by atoms with Crippen molar-refractivity contribution in [3.8, 4) is 45.8 Å². The van der Waals surface area contributed by atoms with E-state index in [1.54, 1.807) is 0 Å². The molecule has 2 fully saturated rings. The SMILES string of the molecule is CC1OC(OCC2OC(Oc3cc4c(O)c(O)c(O)cc4[o+]c3-c3ccc(O)c(O)c3)C(O)C(O)C2O)C(O)C(O)C1O. The normalized spacial score (nSPS) is 33.0. The van der Waals surface area contributed by atoms with E-state index in [-0.39, 0.29) is 28.0 Å². The van der Waals surface area contributed by atoms with Gasteiger partial charge in [0.2, 0.25) is 17.8 Å². The first kappa shape index (κ1) is 30.7. The van der Waals surface area contributed by atoms with E-state index >= 15 is 0 Å². The van der Waals surface area contributed by atoms with Crippen LogP contribution in [0.5, 0.6) is 34.5 Å². The van der Waals surface area contributed by atoms with Gasteiger partial charge in [-0.05, 0) is 19.1 Å². The summed E-state index contributed by atoms with van der Waals surface area (Å²) in [4.78, 5) is 0. The van der Waals surface area contributed by atoms with Crippen LogP contribution in [0.4, 0.5) is 0 Å². The average Bonchev–Trinajstić information content (AvgIpc) is 2.98. The molecule has 1 aromatic heterocycles. The predicted octanol–water partition coefficient (Wildman–Crippen LogP) is -1.06. The van der Waals surface area contributed by atoms with E-state index in [4.69, 9.17) is 23.4 Å². The van der Waals surface area contributed by atoms with E-state index in [9.17, 15) is 56.2 Å². The highest BCUT2D eigenvalue weighted by atomic mass is 16.7. The highest BCUT2D eigenvalue weighted by Crippen LogP contribution is 2.46. The zero-order valence-corrected chi connectivity index (χ0v) is 22.3. The number of aliphatic hydroxyl groups excluding tert-OH is 6. The fraction of sp³-hybridized carbons (Fsp3) is 0.444. The fourth-order valence-corrected chi connectivity index (χ4v) is 4.79. The molecular weight excluding hydrogens is 580 g/mol. The van der Waals surface area contributed by atoms with Crippen LogP contribution in [-0.4, -0.2) is 124 Å². The Labute approximate surface area is 242 Å². The molecule has 2 aliphatic rings. The Hall–Kier alpha value is -3.71. The minimum absolute atomic E-state index is 0.100. The Bertz CT molecular complexity index is 1480. The molecule has 0 aliphatic carbocycles. The number of benzene rings is 2. The van der Waals surface area contributed by atoms with Crippen molar-refractivity contribution >= 4 is 11.0 Å². The Morgan fingerprint density at radius 3 is 2.07 bits per heavy atom. The molecule has 11 N–H and O–H groups in total. The maximum Gasteiger partial charge on any atom is 0.402 e. The first-order valence-electron chi connectivity index (χ1n) is 13.0. The van der Waals surface area contributed by atoms with Gasteiger partial charge in [0, 0.05) is 12.1 Å². The van der Waals surface area contributed by atoms with Crippen molar-refractivity contribution < 1.29 is 79.5 Å². The van der Waals surface area contributed by atoms with Crippen LogP contribution < -0.4 is 4.74 Å². The minimum Gasteiger partial charge on any atom is -0.504 e. The van der Waals surface area contributed by atoms with E-state index in [1.165, 1.54) is 13.0 Å². The van der Waals surface area contributed by atoms with Gasteiger partial charge in [0.15, 0.2) is 29.3 Å². The van der Waals surface area contributed by atoms with Crippen molar-refractivity contribution in [1.82, 2.24) is 0 Å². The van der Waals surface area contributed by atoms with Crippen LogP contribution in [0.3, 0.4) is 0 Å². The molecule has 3 heterocycles. The van der Waals surface area contributed by atoms with Gasteiger partial charge in [-0.1, -0.05) is 0 Å². The number of aromatic hydroxyl groups is 5. The van der Waals surface area contributed by atoms with Crippen LogP contribution in [0.25, 0.3) is 22.3 Å². The van der Waals surface area contributed by atoms with Gasteiger partial charge in [-0.15, -0.1) is 0 Å². The summed E-state index contributed by atoms with van der Waals surface area (Å²) in [5.41, 5.74) is -0.0505. The molecule has 3 aromatic rings. The van der Waals surface area contributed by atoms with Gasteiger partial charge in [0.05, 0.1) is 24.3 Å². The molecule has 2 aromatic carbocycles. The molecule has 16 nitrogen and oxygen atoms in total. The monoisotopic (exact) mass is 611 g/mol. The molecule has 43 heavy (non-hydrogen) atoms. The van der Waals surface area contributed by atoms with Crippen LogP contribution in [0.15, 0.2) is 34.7 Å². The van der Waals surface area contributed by atoms with Gasteiger partial charge in [-0.2, -0.15) is 0 Å². The third kappa shape index (κ3) is 5.67. The van der Waals surface area contributed by atoms with E-state index < -0.39 is 96.8 Å². The number of rotatable bonds is 6. The van der Waals surface area contributed by atoms with E-state index in [2.05, 4.69) is 0 Å². The highest BCUT2D eigenvalue weighted by molar-refractivity contribution is 5.91. The second kappa shape index (κ2) is 11.8. The summed E-state index contributed by atoms with van der Waals surface area (Å²) in [5, 5.41) is 112. The Morgan fingerprint density at radius 2 is 1.37 bits per heavy atom. The molecule has 10 unspecified atom stereocenters. The molecule has 2 aliphatic heterocycles. The van der Waals surface area contributed by atoms with Crippen LogP contribution in [0.1, 0.15) is 6.92 Å². The molecule has 0 radical (unpaired) electrons. The van der Waals surface area contributed by atoms with Gasteiger partial charge in [0.25, 0.3) is 0 Å². The third-order valence-electron chi connectivity index (χ3n) is 7.35. The standard InChI is InChI=1S/C27H30O16/c1-8-17(31)21(35)23(37)26(40-8)39-7-16-20(34)22(36)24(38)27(43-16)42-15-5-10-14(6-13(30)19(33)18(10)32)41-25(15)9-2-3-11(28)12(29)4-9/h2-6,8,16-17,20-24,26-27,31,34-38H,7H2,1H3,(H4-,28,29,30,32,33)/p+1. The van der Waals surface area contributed by atoms with Crippen molar-refractivity contribution in [3.05, 3.63) is 30.3 Å². The van der Waals surface area contributed by atoms with Crippen LogP contribution in [-0.2, 0) is 14.2 Å². The molecule has 0 spiro atoms. The van der Waals surface area contributed by atoms with Crippen LogP contribution >= 0.6 is 0 Å². The zero-order chi connectivity index (χ0) is 31.3. The highest BCUT2D eigenvalue weighted by Gasteiger charge is 2.48. The Morgan fingerprint density at radius 1 is 0.698 bits per heavy atom. The van der Waals surface area contributed by atoms with E-state index in [1.807, 2.05) is 0 Å². The lowest BCUT2D eigenvalue weighted by Gasteiger charge is -2.42. The van der Waals surface area contributed by atoms with Crippen molar-refractivity contribution in [2.75, 3.05) is 6.61 Å². The second-order valence-corrected chi connectivity index (χ2v) is 10.3. The summed E-state index contributed by atoms with van der Waals surface area (Å²) in [6, 6.07) is 5.70. The zero-order valence-electron chi connectivity index (χ0n) is 22.3. The van der Waals surface area contributed by atoms with Crippen molar-refractivity contribution in [3.63, 3.8) is 0 Å². The van der Waals surface area contributed by atoms with Crippen molar-refractivity contribution in [2.24, 2.45) is 0 Å². The van der Waals surface area contributed by atoms with Gasteiger partial charge in [-0.3, -0.25) is 0 Å². The van der Waals surface area contributed by atoms with Crippen LogP contribution in [0, 0.1) is 0 Å². The molecule has 5 rings (SSSR count). The van der Waals surface area contributed by atoms with Gasteiger partial charge < -0.3 is 75.1 Å². The van der Waals surface area contributed by atoms with E-state index in [0.29, 0.717) is 0 Å².